The number of cyclic esters (lactones) is 1. The van der Waals surface area contributed by atoms with Crippen LogP contribution < -0.4 is 10.2 Å². The van der Waals surface area contributed by atoms with E-state index in [9.17, 15) is 18.8 Å². The highest BCUT2D eigenvalue weighted by Gasteiger charge is 2.32. The summed E-state index contributed by atoms with van der Waals surface area (Å²) >= 11 is 0. The third-order valence-corrected chi connectivity index (χ3v) is 4.88. The van der Waals surface area contributed by atoms with Crippen LogP contribution in [0, 0.1) is 5.82 Å². The van der Waals surface area contributed by atoms with Crippen molar-refractivity contribution in [3.8, 4) is 5.69 Å². The van der Waals surface area contributed by atoms with Crippen LogP contribution in [0.1, 0.15) is 23.0 Å². The van der Waals surface area contributed by atoms with Crippen LogP contribution in [0.5, 0.6) is 0 Å². The molecule has 11 heteroatoms. The maximum atomic E-state index is 14.8. The van der Waals surface area contributed by atoms with E-state index >= 15 is 0 Å². The number of carbonyl (C=O) groups excluding carboxylic acids is 3. The van der Waals surface area contributed by atoms with Gasteiger partial charge in [0, 0.05) is 25.5 Å². The molecule has 1 saturated heterocycles. The quantitative estimate of drug-likeness (QED) is 0.546. The van der Waals surface area contributed by atoms with E-state index < -0.39 is 24.0 Å². The van der Waals surface area contributed by atoms with Gasteiger partial charge in [-0.05, 0) is 30.3 Å². The molecular formula is C22H20FN5O5. The lowest BCUT2D eigenvalue weighted by atomic mass is 10.2. The molecule has 1 aliphatic rings. The van der Waals surface area contributed by atoms with Gasteiger partial charge in [-0.1, -0.05) is 0 Å². The number of amides is 2. The van der Waals surface area contributed by atoms with Gasteiger partial charge in [0.15, 0.2) is 0 Å². The summed E-state index contributed by atoms with van der Waals surface area (Å²) < 4.78 is 26.7. The molecule has 1 atom stereocenters. The highest BCUT2D eigenvalue weighted by atomic mass is 19.1. The summed E-state index contributed by atoms with van der Waals surface area (Å²) in [5.74, 6) is -1.33. The van der Waals surface area contributed by atoms with Crippen molar-refractivity contribution in [1.82, 2.24) is 19.9 Å². The zero-order valence-corrected chi connectivity index (χ0v) is 17.6. The van der Waals surface area contributed by atoms with Gasteiger partial charge in [-0.15, -0.1) is 0 Å². The molecule has 2 amide bonds. The summed E-state index contributed by atoms with van der Waals surface area (Å²) in [5.41, 5.74) is 1.34. The average molecular weight is 453 g/mol. The number of nitrogens with one attached hydrogen (secondary N) is 1. The molecule has 2 aromatic heterocycles. The molecule has 1 aliphatic heterocycles. The van der Waals surface area contributed by atoms with Gasteiger partial charge < -0.3 is 19.4 Å². The Labute approximate surface area is 188 Å². The van der Waals surface area contributed by atoms with Crippen LogP contribution in [0.25, 0.3) is 5.69 Å². The Morgan fingerprint density at radius 3 is 2.79 bits per heavy atom. The van der Waals surface area contributed by atoms with Gasteiger partial charge in [-0.25, -0.2) is 19.0 Å². The zero-order chi connectivity index (χ0) is 23.4. The van der Waals surface area contributed by atoms with Crippen LogP contribution in [-0.2, 0) is 20.9 Å². The molecule has 0 aliphatic carbocycles. The Bertz CT molecular complexity index is 1180. The predicted octanol–water partition coefficient (Wildman–Crippen LogP) is 2.22. The number of rotatable bonds is 7. The number of anilines is 1. The zero-order valence-electron chi connectivity index (χ0n) is 17.6. The second-order valence-corrected chi connectivity index (χ2v) is 7.27. The Balaban J connectivity index is 1.40. The number of aromatic nitrogens is 3. The first-order valence-corrected chi connectivity index (χ1v) is 10.0. The van der Waals surface area contributed by atoms with Crippen molar-refractivity contribution in [3.63, 3.8) is 0 Å². The van der Waals surface area contributed by atoms with E-state index in [1.165, 1.54) is 59.4 Å². The molecule has 10 nitrogen and oxygen atoms in total. The van der Waals surface area contributed by atoms with Gasteiger partial charge in [-0.2, -0.15) is 0 Å². The standard InChI is InChI=1S/C22H20FN5O5/c1-14(29)25-9-18-11-28(22(31)33-18)17-2-3-20(19(23)8-17)27-10-16(26-13-27)12-32-21(30)15-4-6-24-7-5-15/h2-8,10,13,18H,9,11-12H2,1H3,(H,25,29)/t18-/m0/s1. The third-order valence-electron chi connectivity index (χ3n) is 4.88. The number of nitrogens with zero attached hydrogens (tertiary/aromatic N) is 4. The molecule has 4 rings (SSSR count). The van der Waals surface area contributed by atoms with Crippen LogP contribution in [0.3, 0.4) is 0 Å². The summed E-state index contributed by atoms with van der Waals surface area (Å²) in [5, 5.41) is 2.59. The highest BCUT2D eigenvalue weighted by molar-refractivity contribution is 5.90. The van der Waals surface area contributed by atoms with E-state index in [0.29, 0.717) is 16.9 Å². The first-order chi connectivity index (χ1) is 15.9. The number of carbonyl (C=O) groups is 3. The minimum absolute atomic E-state index is 0.0802. The molecule has 170 valence electrons. The molecule has 3 aromatic rings. The fraction of sp³-hybridized carbons (Fsp3) is 0.227. The number of benzene rings is 1. The predicted molar refractivity (Wildman–Crippen MR) is 113 cm³/mol. The number of pyridine rings is 1. The minimum Gasteiger partial charge on any atom is -0.456 e. The monoisotopic (exact) mass is 453 g/mol. The molecule has 1 aromatic carbocycles. The molecule has 1 fully saturated rings. The van der Waals surface area contributed by atoms with Crippen LogP contribution in [0.2, 0.25) is 0 Å². The molecule has 33 heavy (non-hydrogen) atoms. The van der Waals surface area contributed by atoms with Crippen molar-refractivity contribution in [1.29, 1.82) is 0 Å². The molecule has 0 bridgehead atoms. The van der Waals surface area contributed by atoms with E-state index in [1.54, 1.807) is 12.3 Å². The molecule has 0 spiro atoms. The van der Waals surface area contributed by atoms with Crippen molar-refractivity contribution < 1.29 is 28.2 Å². The van der Waals surface area contributed by atoms with Crippen LogP contribution >= 0.6 is 0 Å². The summed E-state index contributed by atoms with van der Waals surface area (Å²) in [7, 11) is 0. The van der Waals surface area contributed by atoms with Gasteiger partial charge >= 0.3 is 12.1 Å². The molecular weight excluding hydrogens is 433 g/mol. The number of ether oxygens (including phenoxy) is 2. The number of hydrogen-bond acceptors (Lipinski definition) is 7. The highest BCUT2D eigenvalue weighted by Crippen LogP contribution is 2.25. The second-order valence-electron chi connectivity index (χ2n) is 7.27. The summed E-state index contributed by atoms with van der Waals surface area (Å²) in [6.07, 6.45) is 4.80. The van der Waals surface area contributed by atoms with Crippen molar-refractivity contribution in [2.45, 2.75) is 19.6 Å². The molecule has 0 saturated carbocycles. The second kappa shape index (κ2) is 9.47. The lowest BCUT2D eigenvalue weighted by Gasteiger charge is -2.14. The maximum absolute atomic E-state index is 14.8. The van der Waals surface area contributed by atoms with Gasteiger partial charge in [0.25, 0.3) is 0 Å². The smallest absolute Gasteiger partial charge is 0.414 e. The average Bonchev–Trinajstić information content (AvgIpc) is 3.43. The Kier molecular flexibility index (Phi) is 6.29. The molecule has 0 unspecified atom stereocenters. The summed E-state index contributed by atoms with van der Waals surface area (Å²) in [6, 6.07) is 7.39. The van der Waals surface area contributed by atoms with E-state index in [1.807, 2.05) is 0 Å². The molecule has 0 radical (unpaired) electrons. The van der Waals surface area contributed by atoms with Crippen LogP contribution in [0.15, 0.2) is 55.2 Å². The van der Waals surface area contributed by atoms with Gasteiger partial charge in [0.2, 0.25) is 5.91 Å². The van der Waals surface area contributed by atoms with Crippen molar-refractivity contribution >= 4 is 23.7 Å². The number of imidazole rings is 1. The van der Waals surface area contributed by atoms with Crippen LogP contribution in [-0.4, -0.2) is 51.7 Å². The van der Waals surface area contributed by atoms with E-state index in [2.05, 4.69) is 15.3 Å². The van der Waals surface area contributed by atoms with Gasteiger partial charge in [0.1, 0.15) is 18.5 Å². The summed E-state index contributed by atoms with van der Waals surface area (Å²) in [6.45, 7) is 1.66. The minimum atomic E-state index is -0.613. The van der Waals surface area contributed by atoms with Crippen molar-refractivity contribution in [3.05, 3.63) is 72.3 Å². The number of hydrogen-bond donors (Lipinski definition) is 1. The lowest BCUT2D eigenvalue weighted by Crippen LogP contribution is -2.33. The van der Waals surface area contributed by atoms with E-state index in [0.717, 1.165) is 0 Å². The van der Waals surface area contributed by atoms with Crippen molar-refractivity contribution in [2.75, 3.05) is 18.0 Å². The topological polar surface area (TPSA) is 116 Å². The lowest BCUT2D eigenvalue weighted by molar-refractivity contribution is -0.119. The largest absolute Gasteiger partial charge is 0.456 e. The first kappa shape index (κ1) is 21.9. The molecule has 1 N–H and O–H groups in total. The number of halogens is 1. The Morgan fingerprint density at radius 2 is 2.06 bits per heavy atom. The fourth-order valence-corrected chi connectivity index (χ4v) is 3.25. The van der Waals surface area contributed by atoms with Gasteiger partial charge in [-0.3, -0.25) is 14.7 Å². The van der Waals surface area contributed by atoms with Crippen molar-refractivity contribution in [2.24, 2.45) is 0 Å². The number of esters is 1. The van der Waals surface area contributed by atoms with Gasteiger partial charge in [0.05, 0.1) is 42.0 Å². The normalized spacial score (nSPS) is 15.3. The van der Waals surface area contributed by atoms with Crippen LogP contribution in [0.4, 0.5) is 14.9 Å². The van der Waals surface area contributed by atoms with E-state index in [4.69, 9.17) is 9.47 Å². The van der Waals surface area contributed by atoms with E-state index in [-0.39, 0.29) is 31.3 Å². The summed E-state index contributed by atoms with van der Waals surface area (Å²) in [4.78, 5) is 44.5. The SMILES string of the molecule is CC(=O)NC[C@H]1CN(c2ccc(-n3cnc(COC(=O)c4ccncc4)c3)c(F)c2)C(=O)O1. The Morgan fingerprint density at radius 1 is 1.27 bits per heavy atom. The first-order valence-electron chi connectivity index (χ1n) is 10.0. The Hall–Kier alpha value is -4.28. The molecule has 3 heterocycles. The maximum Gasteiger partial charge on any atom is 0.414 e. The fourth-order valence-electron chi connectivity index (χ4n) is 3.25. The third kappa shape index (κ3) is 5.14.